The number of halogens is 2. The summed E-state index contributed by atoms with van der Waals surface area (Å²) in [5.74, 6) is 0. The summed E-state index contributed by atoms with van der Waals surface area (Å²) in [6.07, 6.45) is 0. The van der Waals surface area contributed by atoms with E-state index in [0.29, 0.717) is 16.6 Å². The van der Waals surface area contributed by atoms with Crippen molar-refractivity contribution in [1.82, 2.24) is 18.3 Å². The molecule has 4 nitrogen and oxygen atoms in total. The standard InChI is InChI=1S/C13H33N3Si2.C4H12ClNSi.Al.BH2I.2H/c1-11(2,3)14-10-15(12(4,5)6)18-16(17-14)13(7,8)9;1-4(2,3)6-7-5;;1-2;;/h10,17-18H2,1-9H3;6H,7H2,1-3H3;;2H2;;/i;;;2D;;. The summed E-state index contributed by atoms with van der Waals surface area (Å²) in [5, 5.41) is 0. The first-order valence-corrected chi connectivity index (χ1v) is 16.4. The molecule has 28 heavy (non-hydrogen) atoms. The Labute approximate surface area is 214 Å². The van der Waals surface area contributed by atoms with E-state index in [2.05, 4.69) is 107 Å². The summed E-state index contributed by atoms with van der Waals surface area (Å²) >= 11 is 4.73. The van der Waals surface area contributed by atoms with Crippen molar-refractivity contribution in [3.05, 3.63) is 0 Å². The van der Waals surface area contributed by atoms with Crippen LogP contribution < -0.4 is 4.98 Å². The maximum atomic E-state index is 6.12. The first-order valence-electron chi connectivity index (χ1n) is 10.1. The van der Waals surface area contributed by atoms with Gasteiger partial charge in [0.2, 0.25) is 0 Å². The third kappa shape index (κ3) is 15.8. The fraction of sp³-hybridized carbons (Fsp3) is 1.00. The largest absolute Gasteiger partial charge is 0.146 e. The second-order valence-electron chi connectivity index (χ2n) is 11.1. The first kappa shape index (κ1) is 32.3. The summed E-state index contributed by atoms with van der Waals surface area (Å²) < 4.78 is 14.4. The zero-order chi connectivity index (χ0) is 23.0. The average Bonchev–Trinajstić information content (AvgIpc) is 2.44. The van der Waals surface area contributed by atoms with Crippen LogP contribution in [0.2, 0.25) is 0 Å². The van der Waals surface area contributed by atoms with Gasteiger partial charge in [-0.15, -0.1) is 0 Å². The zero-order valence-corrected chi connectivity index (χ0v) is 30.4. The minimum absolute atomic E-state index is 0. The Bertz CT molecular complexity index is 379. The average molecular weight is 595 g/mol. The van der Waals surface area contributed by atoms with Crippen LogP contribution in [0.1, 0.15) is 83.1 Å². The molecule has 0 unspecified atom stereocenters. The normalized spacial score (nSPS) is 20.4. The number of hydrogen-bond acceptors (Lipinski definition) is 4. The summed E-state index contributed by atoms with van der Waals surface area (Å²) in [4.78, 5) is 3.19. The fourth-order valence-corrected chi connectivity index (χ4v) is 9.10. The summed E-state index contributed by atoms with van der Waals surface area (Å²) in [6.45, 7) is 28.8. The predicted molar refractivity (Wildman–Crippen MR) is 155 cm³/mol. The summed E-state index contributed by atoms with van der Waals surface area (Å²) in [7, 11) is -1.02. The van der Waals surface area contributed by atoms with Gasteiger partial charge >= 0.3 is 28.5 Å². The van der Waals surface area contributed by atoms with Crippen LogP contribution in [0.5, 0.6) is 0 Å². The Kier molecular flexibility index (Phi) is 16.5. The minimum Gasteiger partial charge on any atom is 0.146 e. The molecule has 0 aromatic heterocycles. The van der Waals surface area contributed by atoms with Crippen LogP contribution in [0, 0.1) is 0 Å². The third-order valence-electron chi connectivity index (χ3n) is 4.47. The quantitative estimate of drug-likeness (QED) is 0.277. The molecule has 0 amide bonds. The molecule has 0 aliphatic carbocycles. The Morgan fingerprint density at radius 2 is 1.21 bits per heavy atom. The maximum Gasteiger partial charge on any atom is 0.146 e. The van der Waals surface area contributed by atoms with Crippen molar-refractivity contribution in [1.29, 1.82) is 0.594 Å². The zero-order valence-electron chi connectivity index (χ0n) is 22.0. The van der Waals surface area contributed by atoms with Crippen LogP contribution in [0.3, 0.4) is 0 Å². The van der Waals surface area contributed by atoms with Crippen LogP contribution in [-0.2, 0) is 0 Å². The fourth-order valence-electron chi connectivity index (χ4n) is 2.23. The van der Waals surface area contributed by atoms with Crippen molar-refractivity contribution in [2.24, 2.45) is 0 Å². The molecule has 1 aliphatic rings. The molecule has 1 fully saturated rings. The Morgan fingerprint density at radius 3 is 1.36 bits per heavy atom. The van der Waals surface area contributed by atoms with E-state index in [-0.39, 0.29) is 42.6 Å². The van der Waals surface area contributed by atoms with Gasteiger partial charge in [0.25, 0.3) is 0 Å². The van der Waals surface area contributed by atoms with E-state index >= 15 is 0 Å². The number of rotatable bonds is 1. The molecule has 0 spiro atoms. The molecule has 11 heteroatoms. The van der Waals surface area contributed by atoms with Crippen LogP contribution >= 0.6 is 33.3 Å². The van der Waals surface area contributed by atoms with Gasteiger partial charge < -0.3 is 18.3 Å². The van der Waals surface area contributed by atoms with Gasteiger partial charge in [-0.3, -0.25) is 0 Å². The minimum atomic E-state index is -0.780. The van der Waals surface area contributed by atoms with Gasteiger partial charge in [-0.1, -0.05) is 0 Å². The van der Waals surface area contributed by atoms with E-state index in [4.69, 9.17) is 11.7 Å². The third-order valence-corrected chi connectivity index (χ3v) is 12.8. The van der Waals surface area contributed by atoms with Gasteiger partial charge in [0, 0.05) is 28.8 Å². The molecule has 1 rings (SSSR count). The van der Waals surface area contributed by atoms with Gasteiger partial charge in [-0.05, 0) is 83.1 Å². The molecule has 1 saturated heterocycles. The molecule has 1 heterocycles. The van der Waals surface area contributed by atoms with Crippen molar-refractivity contribution < 1.29 is 0 Å². The van der Waals surface area contributed by atoms with E-state index < -0.39 is 31.2 Å². The Balaban J connectivity index is -0.000000516. The van der Waals surface area contributed by atoms with Crippen LogP contribution in [-0.4, -0.2) is 94.5 Å². The first-order chi connectivity index (χ1) is 12.3. The van der Waals surface area contributed by atoms with E-state index in [1.165, 1.54) is 6.67 Å². The van der Waals surface area contributed by atoms with E-state index in [0.717, 1.165) is 0 Å². The van der Waals surface area contributed by atoms with Crippen molar-refractivity contribution in [2.75, 3.05) is 6.67 Å². The molecule has 0 atom stereocenters. The molecule has 0 bridgehead atoms. The second-order valence-corrected chi connectivity index (χ2v) is 17.1. The van der Waals surface area contributed by atoms with E-state index in [1.807, 2.05) is 0 Å². The molecule has 1 aliphatic heterocycles. The summed E-state index contributed by atoms with van der Waals surface area (Å²) in [5.41, 5.74) is 5.81. The second kappa shape index (κ2) is 14.3. The van der Waals surface area contributed by atoms with Crippen molar-refractivity contribution in [3.8, 4) is 0 Å². The maximum absolute atomic E-state index is 6.12. The molecule has 3 radical (unpaired) electrons. The summed E-state index contributed by atoms with van der Waals surface area (Å²) in [6, 6.07) is 0. The van der Waals surface area contributed by atoms with Gasteiger partial charge in [0.1, 0.15) is 17.4 Å². The molecule has 1 N–H and O–H groups in total. The number of hydrogen-bond donors (Lipinski definition) is 1. The number of nitrogens with zero attached hydrogens (tertiary/aromatic N) is 3. The predicted octanol–water partition coefficient (Wildman–Crippen LogP) is 0.922. The van der Waals surface area contributed by atoms with Gasteiger partial charge in [-0.25, -0.2) is 0 Å². The molecular formula is C17H49AlBClIN4Si3. The number of nitrogens with one attached hydrogen (secondary N) is 1. The smallest absolute Gasteiger partial charge is 0.146 e. The van der Waals surface area contributed by atoms with Crippen molar-refractivity contribution in [3.63, 3.8) is 0 Å². The van der Waals surface area contributed by atoms with Gasteiger partial charge in [0.15, 0.2) is 28.7 Å². The van der Waals surface area contributed by atoms with Gasteiger partial charge in [0.05, 0.1) is 0 Å². The SMILES string of the molecule is CC(C)(C)N1CN(C(C)(C)C)[SiH2]N(C(C)(C)C)[SiH2]1.CC(C)(C)N[SiH2]Cl.[2H][IH][B].[AlH2]. The molecule has 0 aromatic carbocycles. The monoisotopic (exact) mass is 594 g/mol. The molecule has 0 aromatic rings. The van der Waals surface area contributed by atoms with Crippen LogP contribution in [0.15, 0.2) is 0 Å². The van der Waals surface area contributed by atoms with E-state index in [9.17, 15) is 0 Å². The topological polar surface area (TPSA) is 21.8 Å². The van der Waals surface area contributed by atoms with Gasteiger partial charge in [-0.2, -0.15) is 11.1 Å². The van der Waals surface area contributed by atoms with Crippen LogP contribution in [0.4, 0.5) is 0 Å². The van der Waals surface area contributed by atoms with E-state index in [1.54, 1.807) is 0 Å². The Morgan fingerprint density at radius 1 is 0.893 bits per heavy atom. The Hall–Kier alpha value is 2.11. The van der Waals surface area contributed by atoms with Crippen LogP contribution in [0.25, 0.3) is 0 Å². The molecule has 169 valence electrons. The molecule has 0 saturated carbocycles. The van der Waals surface area contributed by atoms with Crippen molar-refractivity contribution in [2.45, 2.75) is 105 Å². The molecular weight excluding hydrogens is 545 g/mol. The van der Waals surface area contributed by atoms with Crippen molar-refractivity contribution >= 4 is 85.0 Å².